The highest BCUT2D eigenvalue weighted by Gasteiger charge is 2.47. The largest absolute Gasteiger partial charge is 0.494 e. The average molecular weight is 496 g/mol. The lowest BCUT2D eigenvalue weighted by atomic mass is 9.75. The zero-order valence-corrected chi connectivity index (χ0v) is 21.6. The lowest BCUT2D eigenvalue weighted by molar-refractivity contribution is 0.131. The van der Waals surface area contributed by atoms with E-state index in [-0.39, 0.29) is 0 Å². The Hall–Kier alpha value is -3.78. The van der Waals surface area contributed by atoms with E-state index in [0.717, 1.165) is 19.3 Å². The highest BCUT2D eigenvalue weighted by atomic mass is 16.5. The van der Waals surface area contributed by atoms with Gasteiger partial charge in [-0.25, -0.2) is 0 Å². The Morgan fingerprint density at radius 1 is 0.737 bits per heavy atom. The number of benzene rings is 2. The van der Waals surface area contributed by atoms with Crippen LogP contribution in [0.1, 0.15) is 19.3 Å². The van der Waals surface area contributed by atoms with Gasteiger partial charge in [0.05, 0.1) is 12.1 Å². The van der Waals surface area contributed by atoms with Gasteiger partial charge in [-0.1, -0.05) is 103 Å². The quantitative estimate of drug-likeness (QED) is 0.401. The summed E-state index contributed by atoms with van der Waals surface area (Å²) in [6.07, 6.45) is 29.9. The summed E-state index contributed by atoms with van der Waals surface area (Å²) in [5.41, 5.74) is 6.71. The molecule has 2 heterocycles. The topological polar surface area (TPSA) is 12.5 Å². The van der Waals surface area contributed by atoms with E-state index < -0.39 is 0 Å². The van der Waals surface area contributed by atoms with Crippen molar-refractivity contribution in [1.29, 1.82) is 0 Å². The van der Waals surface area contributed by atoms with Crippen LogP contribution in [-0.4, -0.2) is 18.2 Å². The van der Waals surface area contributed by atoms with Crippen LogP contribution in [0, 0.1) is 23.7 Å². The number of allylic oxidation sites excluding steroid dienone is 9. The second kappa shape index (κ2) is 8.91. The molecule has 0 spiro atoms. The Morgan fingerprint density at radius 3 is 2.45 bits per heavy atom. The minimum atomic E-state index is 0.361. The molecule has 6 aliphatic rings. The van der Waals surface area contributed by atoms with Crippen molar-refractivity contribution in [1.82, 2.24) is 0 Å². The zero-order chi connectivity index (χ0) is 25.1. The fourth-order valence-electron chi connectivity index (χ4n) is 7.68. The van der Waals surface area contributed by atoms with Crippen molar-refractivity contribution in [2.45, 2.75) is 37.5 Å². The van der Waals surface area contributed by atoms with Crippen molar-refractivity contribution in [3.8, 4) is 11.1 Å². The number of anilines is 1. The fraction of sp³-hybridized carbons (Fsp3) is 0.278. The molecule has 38 heavy (non-hydrogen) atoms. The van der Waals surface area contributed by atoms with Gasteiger partial charge in [-0.05, 0) is 59.7 Å². The summed E-state index contributed by atoms with van der Waals surface area (Å²) >= 11 is 0. The molecule has 4 aliphatic carbocycles. The molecule has 0 saturated carbocycles. The lowest BCUT2D eigenvalue weighted by Gasteiger charge is -2.33. The van der Waals surface area contributed by atoms with Crippen LogP contribution in [0.2, 0.25) is 0 Å². The standard InChI is InChI=1S/C36H33NO/c1-2-8-24(9-3-1)25-14-18-28(19-15-25)37-33-12-6-4-10-29(33)31-22-26(16-20-34(31)37)27-17-21-36-32(23-27)30-11-5-7-13-35(30)38-36/h1-6,8-12,14-22,29-35H,7,13,23H2. The molecule has 0 amide bonds. The molecule has 2 nitrogen and oxygen atoms in total. The average Bonchev–Trinajstić information content (AvgIpc) is 3.53. The van der Waals surface area contributed by atoms with Gasteiger partial charge >= 0.3 is 0 Å². The summed E-state index contributed by atoms with van der Waals surface area (Å²) in [6, 6.07) is 20.6. The molecule has 0 radical (unpaired) electrons. The third-order valence-electron chi connectivity index (χ3n) is 9.53. The van der Waals surface area contributed by atoms with E-state index in [1.165, 1.54) is 33.7 Å². The molecule has 2 fully saturated rings. The van der Waals surface area contributed by atoms with E-state index >= 15 is 0 Å². The van der Waals surface area contributed by atoms with Crippen molar-refractivity contribution in [3.05, 3.63) is 138 Å². The Kier molecular flexibility index (Phi) is 5.21. The molecule has 8 rings (SSSR count). The minimum absolute atomic E-state index is 0.361. The predicted octanol–water partition coefficient (Wildman–Crippen LogP) is 7.96. The van der Waals surface area contributed by atoms with Crippen molar-refractivity contribution >= 4 is 5.69 Å². The minimum Gasteiger partial charge on any atom is -0.494 e. The van der Waals surface area contributed by atoms with Crippen LogP contribution in [-0.2, 0) is 4.74 Å². The Bertz CT molecular complexity index is 1450. The number of rotatable bonds is 3. The van der Waals surface area contributed by atoms with Crippen molar-refractivity contribution in [2.24, 2.45) is 23.7 Å². The van der Waals surface area contributed by atoms with Gasteiger partial charge in [0.2, 0.25) is 0 Å². The SMILES string of the molecule is C1=CC2C3C=C(C4=CC=C5OC6CCC=CC6C5C4)C=CC3N(c3ccc(-c4ccccc4)cc3)C2C=C1. The Balaban J connectivity index is 1.09. The second-order valence-corrected chi connectivity index (χ2v) is 11.5. The maximum atomic E-state index is 6.35. The van der Waals surface area contributed by atoms with Gasteiger partial charge < -0.3 is 9.64 Å². The third kappa shape index (κ3) is 3.54. The molecule has 2 aromatic rings. The maximum Gasteiger partial charge on any atom is 0.105 e. The van der Waals surface area contributed by atoms with Gasteiger partial charge in [0, 0.05) is 29.4 Å². The van der Waals surface area contributed by atoms with E-state index in [4.69, 9.17) is 4.74 Å². The normalized spacial score (nSPS) is 33.9. The number of hydrogen-bond acceptors (Lipinski definition) is 2. The molecule has 0 N–H and O–H groups in total. The van der Waals surface area contributed by atoms with Crippen LogP contribution in [0.3, 0.4) is 0 Å². The number of hydrogen-bond donors (Lipinski definition) is 0. The first-order chi connectivity index (χ1) is 18.8. The molecular formula is C36H33NO. The van der Waals surface area contributed by atoms with Crippen LogP contribution in [0.5, 0.6) is 0 Å². The number of nitrogens with zero attached hydrogens (tertiary/aromatic N) is 1. The van der Waals surface area contributed by atoms with Gasteiger partial charge in [0.1, 0.15) is 11.9 Å². The van der Waals surface area contributed by atoms with Crippen molar-refractivity contribution in [3.63, 3.8) is 0 Å². The molecule has 2 aromatic carbocycles. The summed E-state index contributed by atoms with van der Waals surface area (Å²) in [7, 11) is 0. The summed E-state index contributed by atoms with van der Waals surface area (Å²) < 4.78 is 6.35. The van der Waals surface area contributed by atoms with E-state index in [1.54, 1.807) is 0 Å². The van der Waals surface area contributed by atoms with Crippen LogP contribution in [0.15, 0.2) is 138 Å². The molecule has 2 heteroatoms. The molecular weight excluding hydrogens is 462 g/mol. The van der Waals surface area contributed by atoms with Crippen molar-refractivity contribution in [2.75, 3.05) is 4.90 Å². The third-order valence-corrected chi connectivity index (χ3v) is 9.53. The van der Waals surface area contributed by atoms with Crippen molar-refractivity contribution < 1.29 is 4.74 Å². The van der Waals surface area contributed by atoms with Crippen LogP contribution >= 0.6 is 0 Å². The van der Waals surface area contributed by atoms with Gasteiger partial charge in [-0.2, -0.15) is 0 Å². The van der Waals surface area contributed by atoms with E-state index in [9.17, 15) is 0 Å². The second-order valence-electron chi connectivity index (χ2n) is 11.5. The number of ether oxygens (including phenoxy) is 1. The van der Waals surface area contributed by atoms with Gasteiger partial charge in [-0.15, -0.1) is 0 Å². The van der Waals surface area contributed by atoms with E-state index in [2.05, 4.69) is 126 Å². The van der Waals surface area contributed by atoms with Gasteiger partial charge in [0.15, 0.2) is 0 Å². The summed E-state index contributed by atoms with van der Waals surface area (Å²) in [5, 5.41) is 0. The maximum absolute atomic E-state index is 6.35. The molecule has 2 aliphatic heterocycles. The highest BCUT2D eigenvalue weighted by Crippen LogP contribution is 2.49. The van der Waals surface area contributed by atoms with Crippen LogP contribution in [0.4, 0.5) is 5.69 Å². The molecule has 188 valence electrons. The van der Waals surface area contributed by atoms with Crippen LogP contribution < -0.4 is 4.90 Å². The fourth-order valence-corrected chi connectivity index (χ4v) is 7.68. The Labute approximate surface area is 225 Å². The first kappa shape index (κ1) is 22.2. The first-order valence-electron chi connectivity index (χ1n) is 14.3. The molecule has 0 aromatic heterocycles. The molecule has 7 unspecified atom stereocenters. The van der Waals surface area contributed by atoms with Gasteiger partial charge in [-0.3, -0.25) is 0 Å². The van der Waals surface area contributed by atoms with Crippen LogP contribution in [0.25, 0.3) is 11.1 Å². The number of fused-ring (bicyclic) bond motifs is 6. The monoisotopic (exact) mass is 495 g/mol. The smallest absolute Gasteiger partial charge is 0.105 e. The molecule has 7 atom stereocenters. The summed E-state index contributed by atoms with van der Waals surface area (Å²) in [5.74, 6) is 3.19. The molecule has 2 saturated heterocycles. The zero-order valence-electron chi connectivity index (χ0n) is 21.6. The highest BCUT2D eigenvalue weighted by molar-refractivity contribution is 5.68. The lowest BCUT2D eigenvalue weighted by Crippen LogP contribution is -2.36. The molecule has 0 bridgehead atoms. The van der Waals surface area contributed by atoms with Gasteiger partial charge in [0.25, 0.3) is 0 Å². The van der Waals surface area contributed by atoms with E-state index in [0.29, 0.717) is 41.9 Å². The predicted molar refractivity (Wildman–Crippen MR) is 155 cm³/mol. The van der Waals surface area contributed by atoms with E-state index in [1.807, 2.05) is 0 Å². The first-order valence-corrected chi connectivity index (χ1v) is 14.3. The Morgan fingerprint density at radius 2 is 1.55 bits per heavy atom. The summed E-state index contributed by atoms with van der Waals surface area (Å²) in [4.78, 5) is 2.64. The summed E-state index contributed by atoms with van der Waals surface area (Å²) in [6.45, 7) is 0.